The van der Waals surface area contributed by atoms with E-state index in [0.29, 0.717) is 6.54 Å². The second kappa shape index (κ2) is 5.98. The summed E-state index contributed by atoms with van der Waals surface area (Å²) in [5.41, 5.74) is 0. The highest BCUT2D eigenvalue weighted by atomic mass is 35.5. The summed E-state index contributed by atoms with van der Waals surface area (Å²) < 4.78 is 10.3. The van der Waals surface area contributed by atoms with Gasteiger partial charge in [0.1, 0.15) is 0 Å². The predicted octanol–water partition coefficient (Wildman–Crippen LogP) is 0.584. The minimum absolute atomic E-state index is 0. The third kappa shape index (κ3) is 13.4. The lowest BCUT2D eigenvalue weighted by Crippen LogP contribution is -2.25. The molecular formula is C5H15ClNO3P. The minimum Gasteiger partial charge on any atom is -0.324 e. The van der Waals surface area contributed by atoms with Crippen molar-refractivity contribution in [3.8, 4) is 0 Å². The van der Waals surface area contributed by atoms with Crippen LogP contribution in [0.4, 0.5) is 0 Å². The molecule has 3 N–H and O–H groups in total. The summed E-state index contributed by atoms with van der Waals surface area (Å²) in [5.74, 6) is 0. The third-order valence-electron chi connectivity index (χ3n) is 0.956. The van der Waals surface area contributed by atoms with Crippen LogP contribution in [0.1, 0.15) is 13.8 Å². The van der Waals surface area contributed by atoms with Crippen LogP contribution in [-0.4, -0.2) is 28.5 Å². The first-order valence-corrected chi connectivity index (χ1v) is 4.99. The maximum absolute atomic E-state index is 10.3. The summed E-state index contributed by atoms with van der Waals surface area (Å²) in [6.45, 7) is 4.24. The molecule has 4 nitrogen and oxygen atoms in total. The molecule has 0 amide bonds. The van der Waals surface area contributed by atoms with Gasteiger partial charge >= 0.3 is 7.60 Å². The van der Waals surface area contributed by atoms with Gasteiger partial charge in [0.2, 0.25) is 0 Å². The molecule has 0 unspecified atom stereocenters. The fraction of sp³-hybridized carbons (Fsp3) is 1.00. The summed E-state index contributed by atoms with van der Waals surface area (Å²) in [6.07, 6.45) is -0.0782. The van der Waals surface area contributed by atoms with Crippen LogP contribution < -0.4 is 5.32 Å². The van der Waals surface area contributed by atoms with E-state index in [1.165, 1.54) is 0 Å². The summed E-state index contributed by atoms with van der Waals surface area (Å²) in [7, 11) is -3.78. The quantitative estimate of drug-likeness (QED) is 0.585. The molecule has 6 heteroatoms. The molecule has 0 heterocycles. The van der Waals surface area contributed by atoms with Crippen LogP contribution in [0, 0.1) is 0 Å². The van der Waals surface area contributed by atoms with E-state index in [9.17, 15) is 4.57 Å². The molecule has 0 radical (unpaired) electrons. The normalized spacial score (nSPS) is 11.4. The van der Waals surface area contributed by atoms with Crippen molar-refractivity contribution >= 4 is 20.0 Å². The molecule has 0 spiro atoms. The first-order chi connectivity index (χ1) is 4.42. The zero-order valence-electron chi connectivity index (χ0n) is 6.65. The monoisotopic (exact) mass is 203 g/mol. The zero-order chi connectivity index (χ0) is 8.20. The van der Waals surface area contributed by atoms with Crippen molar-refractivity contribution in [2.24, 2.45) is 0 Å². The van der Waals surface area contributed by atoms with Crippen LogP contribution in [0.15, 0.2) is 0 Å². The topological polar surface area (TPSA) is 69.6 Å². The summed E-state index contributed by atoms with van der Waals surface area (Å²) in [6, 6.07) is 0.284. The standard InChI is InChI=1S/C5H14NO3P.ClH/c1-5(2)6-3-4-10(7,8)9;/h5-6H,3-4H2,1-2H3,(H2,7,8,9);1H. The lowest BCUT2D eigenvalue weighted by atomic mass is 10.4. The number of hydrogen-bond acceptors (Lipinski definition) is 2. The van der Waals surface area contributed by atoms with Gasteiger partial charge in [-0.05, 0) is 0 Å². The smallest absolute Gasteiger partial charge is 0.324 e. The van der Waals surface area contributed by atoms with Crippen molar-refractivity contribution in [3.05, 3.63) is 0 Å². The Labute approximate surface area is 73.0 Å². The van der Waals surface area contributed by atoms with E-state index in [-0.39, 0.29) is 24.6 Å². The molecule has 0 aromatic rings. The van der Waals surface area contributed by atoms with Crippen LogP contribution in [0.25, 0.3) is 0 Å². The van der Waals surface area contributed by atoms with Crippen molar-refractivity contribution < 1.29 is 14.4 Å². The average molecular weight is 204 g/mol. The van der Waals surface area contributed by atoms with E-state index in [1.807, 2.05) is 13.8 Å². The molecule has 0 fully saturated rings. The molecule has 0 saturated heterocycles. The molecule has 0 aliphatic heterocycles. The second-order valence-electron chi connectivity index (χ2n) is 2.50. The highest BCUT2D eigenvalue weighted by molar-refractivity contribution is 7.51. The SMILES string of the molecule is CC(C)NCCP(=O)(O)O.Cl. The number of nitrogens with one attached hydrogen (secondary N) is 1. The molecule has 11 heavy (non-hydrogen) atoms. The molecule has 0 saturated carbocycles. The van der Waals surface area contributed by atoms with E-state index in [1.54, 1.807) is 0 Å². The van der Waals surface area contributed by atoms with Gasteiger partial charge in [0.05, 0.1) is 6.16 Å². The Morgan fingerprint density at radius 3 is 2.18 bits per heavy atom. The first-order valence-electron chi connectivity index (χ1n) is 3.20. The Kier molecular flexibility index (Phi) is 7.58. The zero-order valence-corrected chi connectivity index (χ0v) is 8.36. The van der Waals surface area contributed by atoms with Gasteiger partial charge in [-0.2, -0.15) is 0 Å². The van der Waals surface area contributed by atoms with Gasteiger partial charge in [-0.25, -0.2) is 0 Å². The number of halogens is 1. The van der Waals surface area contributed by atoms with Crippen LogP contribution in [0.5, 0.6) is 0 Å². The van der Waals surface area contributed by atoms with Crippen molar-refractivity contribution in [1.29, 1.82) is 0 Å². The van der Waals surface area contributed by atoms with Gasteiger partial charge in [0.15, 0.2) is 0 Å². The minimum atomic E-state index is -3.78. The largest absolute Gasteiger partial charge is 0.326 e. The summed E-state index contributed by atoms with van der Waals surface area (Å²) in [4.78, 5) is 16.8. The molecule has 0 aliphatic rings. The van der Waals surface area contributed by atoms with Crippen molar-refractivity contribution in [1.82, 2.24) is 5.32 Å². The molecule has 70 valence electrons. The summed E-state index contributed by atoms with van der Waals surface area (Å²) >= 11 is 0. The van der Waals surface area contributed by atoms with Gasteiger partial charge in [0, 0.05) is 12.6 Å². The van der Waals surface area contributed by atoms with Crippen molar-refractivity contribution in [2.45, 2.75) is 19.9 Å². The Hall–Kier alpha value is 0.400. The van der Waals surface area contributed by atoms with Gasteiger partial charge in [0.25, 0.3) is 0 Å². The average Bonchev–Trinajstić information content (AvgIpc) is 1.59. The first kappa shape index (κ1) is 14.0. The van der Waals surface area contributed by atoms with Gasteiger partial charge < -0.3 is 15.1 Å². The van der Waals surface area contributed by atoms with Crippen LogP contribution in [0.3, 0.4) is 0 Å². The highest BCUT2D eigenvalue weighted by Crippen LogP contribution is 2.32. The fourth-order valence-corrected chi connectivity index (χ4v) is 0.919. The van der Waals surface area contributed by atoms with Crippen LogP contribution >= 0.6 is 20.0 Å². The van der Waals surface area contributed by atoms with E-state index < -0.39 is 7.60 Å². The van der Waals surface area contributed by atoms with Gasteiger partial charge in [-0.3, -0.25) is 4.57 Å². The maximum atomic E-state index is 10.3. The Morgan fingerprint density at radius 1 is 1.45 bits per heavy atom. The van der Waals surface area contributed by atoms with E-state index >= 15 is 0 Å². The molecule has 0 aromatic carbocycles. The molecule has 0 aliphatic carbocycles. The lowest BCUT2D eigenvalue weighted by Gasteiger charge is -2.07. The lowest BCUT2D eigenvalue weighted by molar-refractivity contribution is 0.371. The fourth-order valence-electron chi connectivity index (χ4n) is 0.499. The molecular weight excluding hydrogens is 188 g/mol. The van der Waals surface area contributed by atoms with E-state index in [2.05, 4.69) is 5.32 Å². The molecule has 0 bridgehead atoms. The van der Waals surface area contributed by atoms with E-state index in [0.717, 1.165) is 0 Å². The van der Waals surface area contributed by atoms with Crippen molar-refractivity contribution in [2.75, 3.05) is 12.7 Å². The second-order valence-corrected chi connectivity index (χ2v) is 4.27. The Balaban J connectivity index is 0. The van der Waals surface area contributed by atoms with E-state index in [4.69, 9.17) is 9.79 Å². The Bertz CT molecular complexity index is 136. The molecule has 0 atom stereocenters. The summed E-state index contributed by atoms with van der Waals surface area (Å²) in [5, 5.41) is 2.91. The molecule has 0 rings (SSSR count). The number of rotatable bonds is 4. The third-order valence-corrected chi connectivity index (χ3v) is 1.76. The Morgan fingerprint density at radius 2 is 1.91 bits per heavy atom. The van der Waals surface area contributed by atoms with Crippen molar-refractivity contribution in [3.63, 3.8) is 0 Å². The van der Waals surface area contributed by atoms with Gasteiger partial charge in [-0.1, -0.05) is 13.8 Å². The maximum Gasteiger partial charge on any atom is 0.326 e. The predicted molar refractivity (Wildman–Crippen MR) is 47.3 cm³/mol. The highest BCUT2D eigenvalue weighted by Gasteiger charge is 2.11. The van der Waals surface area contributed by atoms with Crippen LogP contribution in [-0.2, 0) is 4.57 Å². The van der Waals surface area contributed by atoms with Crippen LogP contribution in [0.2, 0.25) is 0 Å². The number of hydrogen-bond donors (Lipinski definition) is 3. The molecule has 0 aromatic heterocycles. The van der Waals surface area contributed by atoms with Gasteiger partial charge in [-0.15, -0.1) is 12.4 Å².